The molecule has 1 amide bonds. The van der Waals surface area contributed by atoms with Gasteiger partial charge in [0.2, 0.25) is 10.0 Å². The average Bonchev–Trinajstić information content (AvgIpc) is 3.37. The normalized spacial score (nSPS) is 16.1. The van der Waals surface area contributed by atoms with Gasteiger partial charge in [0.05, 0.1) is 10.5 Å². The summed E-state index contributed by atoms with van der Waals surface area (Å²) in [7, 11) is -3.73. The summed E-state index contributed by atoms with van der Waals surface area (Å²) in [5.41, 5.74) is 1.10. The molecule has 4 rings (SSSR count). The number of sulfonamides is 1. The molecule has 1 aliphatic carbocycles. The highest BCUT2D eigenvalue weighted by Gasteiger charge is 2.44. The Kier molecular flexibility index (Phi) is 6.31. The zero-order valence-electron chi connectivity index (χ0n) is 18.5. The van der Waals surface area contributed by atoms with Crippen molar-refractivity contribution in [1.29, 1.82) is 0 Å². The van der Waals surface area contributed by atoms with E-state index in [9.17, 15) is 18.0 Å². The lowest BCUT2D eigenvalue weighted by Crippen LogP contribution is -2.34. The molecule has 1 spiro atoms. The first kappa shape index (κ1) is 23.1. The van der Waals surface area contributed by atoms with Gasteiger partial charge in [0, 0.05) is 31.1 Å². The zero-order valence-corrected chi connectivity index (χ0v) is 19.3. The lowest BCUT2D eigenvalue weighted by Gasteiger charge is -2.21. The number of hydrogen-bond acceptors (Lipinski definition) is 7. The van der Waals surface area contributed by atoms with E-state index in [1.54, 1.807) is 32.0 Å². The fourth-order valence-electron chi connectivity index (χ4n) is 3.96. The van der Waals surface area contributed by atoms with Crippen LogP contribution in [0, 0.1) is 6.92 Å². The molecule has 0 unspecified atom stereocenters. The molecule has 0 saturated heterocycles. The first-order chi connectivity index (χ1) is 15.7. The second kappa shape index (κ2) is 9.03. The van der Waals surface area contributed by atoms with Gasteiger partial charge in [0.25, 0.3) is 11.7 Å². The van der Waals surface area contributed by atoms with Crippen molar-refractivity contribution in [3.8, 4) is 11.5 Å². The molecule has 1 saturated carbocycles. The Bertz CT molecular complexity index is 1190. The number of anilines is 1. The van der Waals surface area contributed by atoms with Gasteiger partial charge < -0.3 is 19.5 Å². The van der Waals surface area contributed by atoms with Crippen LogP contribution in [-0.2, 0) is 19.6 Å². The van der Waals surface area contributed by atoms with Crippen molar-refractivity contribution in [2.24, 2.45) is 0 Å². The van der Waals surface area contributed by atoms with Crippen LogP contribution in [0.15, 0.2) is 41.3 Å². The standard InChI is InChI=1S/C23H26N2O7S/c1-3-24-33(28,29)17-8-6-15(2)18(13-17)22(27)30-14-21(26)25-16-7-9-19-20(12-16)32-23(31-19)10-4-5-11-23/h6-9,12-13,24H,3-5,10-11,14H2,1-2H3,(H,25,26). The third kappa shape index (κ3) is 4.96. The number of aryl methyl sites for hydroxylation is 1. The quantitative estimate of drug-likeness (QED) is 0.592. The Morgan fingerprint density at radius 1 is 1.06 bits per heavy atom. The van der Waals surface area contributed by atoms with E-state index in [4.69, 9.17) is 14.2 Å². The van der Waals surface area contributed by atoms with Gasteiger partial charge in [-0.25, -0.2) is 17.9 Å². The molecule has 1 fully saturated rings. The number of benzene rings is 2. The van der Waals surface area contributed by atoms with Gasteiger partial charge in [-0.15, -0.1) is 0 Å². The monoisotopic (exact) mass is 474 g/mol. The zero-order chi connectivity index (χ0) is 23.6. The predicted molar refractivity (Wildman–Crippen MR) is 120 cm³/mol. The van der Waals surface area contributed by atoms with Crippen molar-refractivity contribution >= 4 is 27.6 Å². The summed E-state index contributed by atoms with van der Waals surface area (Å²) in [4.78, 5) is 24.8. The van der Waals surface area contributed by atoms with Crippen LogP contribution in [0.5, 0.6) is 11.5 Å². The minimum atomic E-state index is -3.73. The summed E-state index contributed by atoms with van der Waals surface area (Å²) in [6.07, 6.45) is 3.75. The molecule has 2 N–H and O–H groups in total. The van der Waals surface area contributed by atoms with Crippen LogP contribution in [0.1, 0.15) is 48.5 Å². The molecule has 9 nitrogen and oxygen atoms in total. The topological polar surface area (TPSA) is 120 Å². The minimum absolute atomic E-state index is 0.0493. The van der Waals surface area contributed by atoms with Crippen LogP contribution in [0.4, 0.5) is 5.69 Å². The van der Waals surface area contributed by atoms with Gasteiger partial charge in [-0.3, -0.25) is 4.79 Å². The fourth-order valence-corrected chi connectivity index (χ4v) is 5.02. The Morgan fingerprint density at radius 2 is 1.79 bits per heavy atom. The third-order valence-electron chi connectivity index (χ3n) is 5.59. The van der Waals surface area contributed by atoms with Gasteiger partial charge in [-0.1, -0.05) is 13.0 Å². The van der Waals surface area contributed by atoms with Crippen LogP contribution in [0.3, 0.4) is 0 Å². The van der Waals surface area contributed by atoms with Crippen molar-refractivity contribution in [3.63, 3.8) is 0 Å². The van der Waals surface area contributed by atoms with Crippen molar-refractivity contribution in [3.05, 3.63) is 47.5 Å². The molecule has 1 heterocycles. The number of ether oxygens (including phenoxy) is 3. The minimum Gasteiger partial charge on any atom is -0.452 e. The number of carbonyl (C=O) groups excluding carboxylic acids is 2. The smallest absolute Gasteiger partial charge is 0.338 e. The average molecular weight is 475 g/mol. The molecule has 2 aromatic carbocycles. The number of hydrogen-bond donors (Lipinski definition) is 2. The summed E-state index contributed by atoms with van der Waals surface area (Å²) in [5, 5.41) is 2.67. The van der Waals surface area contributed by atoms with Crippen LogP contribution in [-0.4, -0.2) is 39.2 Å². The molecule has 0 bridgehead atoms. The SMILES string of the molecule is CCNS(=O)(=O)c1ccc(C)c(C(=O)OCC(=O)Nc2ccc3c(c2)OC2(CCCC2)O3)c1. The molecule has 1 aliphatic heterocycles. The summed E-state index contributed by atoms with van der Waals surface area (Å²) >= 11 is 0. The van der Waals surface area contributed by atoms with Gasteiger partial charge in [-0.05, 0) is 49.6 Å². The van der Waals surface area contributed by atoms with E-state index in [1.807, 2.05) is 0 Å². The maximum Gasteiger partial charge on any atom is 0.338 e. The van der Waals surface area contributed by atoms with Crippen LogP contribution in [0.2, 0.25) is 0 Å². The van der Waals surface area contributed by atoms with Crippen molar-refractivity contribution in [2.45, 2.75) is 50.2 Å². The maximum absolute atomic E-state index is 12.5. The molecule has 0 atom stereocenters. The molecule has 33 heavy (non-hydrogen) atoms. The Morgan fingerprint density at radius 3 is 2.52 bits per heavy atom. The van der Waals surface area contributed by atoms with E-state index >= 15 is 0 Å². The molecule has 2 aliphatic rings. The molecule has 10 heteroatoms. The largest absolute Gasteiger partial charge is 0.452 e. The number of esters is 1. The van der Waals surface area contributed by atoms with Crippen LogP contribution >= 0.6 is 0 Å². The van der Waals surface area contributed by atoms with E-state index in [2.05, 4.69) is 10.0 Å². The Balaban J connectivity index is 1.37. The van der Waals surface area contributed by atoms with E-state index in [0.717, 1.165) is 25.7 Å². The molecule has 2 aromatic rings. The number of carbonyl (C=O) groups is 2. The van der Waals surface area contributed by atoms with Gasteiger partial charge in [0.15, 0.2) is 18.1 Å². The third-order valence-corrected chi connectivity index (χ3v) is 7.14. The first-order valence-corrected chi connectivity index (χ1v) is 12.3. The number of amides is 1. The molecular formula is C23H26N2O7S. The van der Waals surface area contributed by atoms with Crippen molar-refractivity contribution in [1.82, 2.24) is 4.72 Å². The second-order valence-corrected chi connectivity index (χ2v) is 9.85. The predicted octanol–water partition coefficient (Wildman–Crippen LogP) is 3.13. The summed E-state index contributed by atoms with van der Waals surface area (Å²) in [6.45, 7) is 3.01. The lowest BCUT2D eigenvalue weighted by atomic mass is 10.1. The van der Waals surface area contributed by atoms with Crippen LogP contribution in [0.25, 0.3) is 0 Å². The molecule has 0 radical (unpaired) electrons. The molecule has 176 valence electrons. The highest BCUT2D eigenvalue weighted by molar-refractivity contribution is 7.89. The highest BCUT2D eigenvalue weighted by Crippen LogP contribution is 2.47. The number of fused-ring (bicyclic) bond motifs is 1. The summed E-state index contributed by atoms with van der Waals surface area (Å²) in [6, 6.07) is 9.28. The van der Waals surface area contributed by atoms with Crippen LogP contribution < -0.4 is 19.5 Å². The van der Waals surface area contributed by atoms with E-state index in [1.165, 1.54) is 18.2 Å². The summed E-state index contributed by atoms with van der Waals surface area (Å²) in [5.74, 6) is -0.699. The van der Waals surface area contributed by atoms with E-state index in [0.29, 0.717) is 22.7 Å². The Labute approximate surface area is 192 Å². The van der Waals surface area contributed by atoms with Crippen molar-refractivity contribution in [2.75, 3.05) is 18.5 Å². The maximum atomic E-state index is 12.5. The second-order valence-electron chi connectivity index (χ2n) is 8.09. The van der Waals surface area contributed by atoms with Crippen molar-refractivity contribution < 1.29 is 32.2 Å². The van der Waals surface area contributed by atoms with Gasteiger partial charge in [-0.2, -0.15) is 0 Å². The number of rotatable bonds is 7. The molecule has 0 aromatic heterocycles. The van der Waals surface area contributed by atoms with E-state index < -0.39 is 34.3 Å². The summed E-state index contributed by atoms with van der Waals surface area (Å²) < 4.78 is 43.8. The fraction of sp³-hybridized carbons (Fsp3) is 0.391. The molecular weight excluding hydrogens is 448 g/mol. The van der Waals surface area contributed by atoms with Gasteiger partial charge >= 0.3 is 5.97 Å². The highest BCUT2D eigenvalue weighted by atomic mass is 32.2. The van der Waals surface area contributed by atoms with E-state index in [-0.39, 0.29) is 17.0 Å². The van der Waals surface area contributed by atoms with Gasteiger partial charge in [0.1, 0.15) is 0 Å². The Hall–Kier alpha value is -3.11. The number of nitrogens with one attached hydrogen (secondary N) is 2. The first-order valence-electron chi connectivity index (χ1n) is 10.8. The lowest BCUT2D eigenvalue weighted by molar-refractivity contribution is -0.119.